The highest BCUT2D eigenvalue weighted by molar-refractivity contribution is 7.88. The third kappa shape index (κ3) is 3.48. The Morgan fingerprint density at radius 3 is 2.47 bits per heavy atom. The minimum atomic E-state index is -3.48. The molecule has 0 unspecified atom stereocenters. The lowest BCUT2D eigenvalue weighted by Crippen LogP contribution is -2.32. The number of hydrogen-bond donors (Lipinski definition) is 0. The van der Waals surface area contributed by atoms with E-state index in [0.29, 0.717) is 25.9 Å². The van der Waals surface area contributed by atoms with Crippen LogP contribution >= 0.6 is 0 Å². The van der Waals surface area contributed by atoms with E-state index in [1.807, 2.05) is 20.8 Å². The molecule has 1 saturated heterocycles. The molecule has 19 heavy (non-hydrogen) atoms. The maximum atomic E-state index is 12.2. The van der Waals surface area contributed by atoms with E-state index in [0.717, 1.165) is 12.8 Å². The van der Waals surface area contributed by atoms with E-state index in [-0.39, 0.29) is 12.7 Å². The molecule has 0 aromatic heterocycles. The van der Waals surface area contributed by atoms with Crippen molar-refractivity contribution in [3.05, 3.63) is 0 Å². The van der Waals surface area contributed by atoms with Crippen molar-refractivity contribution >= 4 is 10.1 Å². The molecule has 0 aromatic carbocycles. The molecule has 1 saturated carbocycles. The molecule has 0 amide bonds. The van der Waals surface area contributed by atoms with Crippen molar-refractivity contribution < 1.29 is 22.1 Å². The van der Waals surface area contributed by atoms with Gasteiger partial charge < -0.3 is 9.47 Å². The Morgan fingerprint density at radius 1 is 1.32 bits per heavy atom. The van der Waals surface area contributed by atoms with Crippen LogP contribution in [-0.4, -0.2) is 38.3 Å². The van der Waals surface area contributed by atoms with Gasteiger partial charge in [-0.3, -0.25) is 4.18 Å². The summed E-state index contributed by atoms with van der Waals surface area (Å²) >= 11 is 0. The van der Waals surface area contributed by atoms with E-state index in [1.165, 1.54) is 0 Å². The summed E-state index contributed by atoms with van der Waals surface area (Å²) in [6.07, 6.45) is 3.36. The van der Waals surface area contributed by atoms with E-state index in [1.54, 1.807) is 0 Å². The van der Waals surface area contributed by atoms with Gasteiger partial charge in [0.25, 0.3) is 10.1 Å². The smallest absolute Gasteiger partial charge is 0.273 e. The highest BCUT2D eigenvalue weighted by Crippen LogP contribution is 2.49. The van der Waals surface area contributed by atoms with Gasteiger partial charge in [0.1, 0.15) is 4.75 Å². The van der Waals surface area contributed by atoms with Crippen molar-refractivity contribution in [3.63, 3.8) is 0 Å². The van der Waals surface area contributed by atoms with Gasteiger partial charge in [-0.15, -0.1) is 0 Å². The zero-order valence-corrected chi connectivity index (χ0v) is 12.8. The Hall–Kier alpha value is -0.170. The number of rotatable bonds is 7. The second-order valence-corrected chi connectivity index (χ2v) is 7.98. The van der Waals surface area contributed by atoms with Crippen LogP contribution in [0.2, 0.25) is 0 Å². The monoisotopic (exact) mass is 292 g/mol. The molecule has 0 bridgehead atoms. The van der Waals surface area contributed by atoms with Gasteiger partial charge in [-0.25, -0.2) is 0 Å². The summed E-state index contributed by atoms with van der Waals surface area (Å²) in [6.45, 7) is 6.44. The summed E-state index contributed by atoms with van der Waals surface area (Å²) < 4.78 is 40.0. The summed E-state index contributed by atoms with van der Waals surface area (Å²) in [6, 6.07) is 0. The minimum absolute atomic E-state index is 0.151. The van der Waals surface area contributed by atoms with Gasteiger partial charge in [0.05, 0.1) is 19.3 Å². The fourth-order valence-electron chi connectivity index (χ4n) is 2.41. The highest BCUT2D eigenvalue weighted by atomic mass is 32.2. The van der Waals surface area contributed by atoms with E-state index >= 15 is 0 Å². The first-order chi connectivity index (χ1) is 8.80. The van der Waals surface area contributed by atoms with Gasteiger partial charge in [-0.2, -0.15) is 8.42 Å². The SMILES string of the molecule is CCCCOS(=O)(=O)C1(C[C@H]2COC(C)(C)O2)CC1. The number of hydrogen-bond acceptors (Lipinski definition) is 5. The van der Waals surface area contributed by atoms with Crippen LogP contribution in [0.15, 0.2) is 0 Å². The van der Waals surface area contributed by atoms with Crippen LogP contribution in [0.5, 0.6) is 0 Å². The predicted octanol–water partition coefficient (Wildman–Crippen LogP) is 2.21. The predicted molar refractivity (Wildman–Crippen MR) is 71.3 cm³/mol. The largest absolute Gasteiger partial charge is 0.348 e. The standard InChI is InChI=1S/C13H24O5S/c1-4-5-8-17-19(14,15)13(6-7-13)9-11-10-16-12(2,3)18-11/h11H,4-10H2,1-3H3/t11-/m0/s1. The average Bonchev–Trinajstić information content (AvgIpc) is 3.00. The fourth-order valence-corrected chi connectivity index (χ4v) is 3.99. The first-order valence-electron chi connectivity index (χ1n) is 7.01. The Balaban J connectivity index is 1.92. The van der Waals surface area contributed by atoms with Crippen molar-refractivity contribution in [2.75, 3.05) is 13.2 Å². The third-order valence-corrected chi connectivity index (χ3v) is 5.85. The molecule has 5 nitrogen and oxygen atoms in total. The summed E-state index contributed by atoms with van der Waals surface area (Å²) in [5.74, 6) is -0.604. The second kappa shape index (κ2) is 5.31. The van der Waals surface area contributed by atoms with Crippen molar-refractivity contribution in [1.82, 2.24) is 0 Å². The number of unbranched alkanes of at least 4 members (excludes halogenated alkanes) is 1. The van der Waals surface area contributed by atoms with Crippen molar-refractivity contribution in [2.45, 2.75) is 69.5 Å². The molecule has 2 aliphatic rings. The molecule has 0 N–H and O–H groups in total. The quantitative estimate of drug-likeness (QED) is 0.532. The molecule has 112 valence electrons. The van der Waals surface area contributed by atoms with E-state index in [2.05, 4.69) is 0 Å². The van der Waals surface area contributed by atoms with Gasteiger partial charge in [0.15, 0.2) is 5.79 Å². The van der Waals surface area contributed by atoms with E-state index in [9.17, 15) is 8.42 Å². The van der Waals surface area contributed by atoms with Crippen LogP contribution in [0.3, 0.4) is 0 Å². The van der Waals surface area contributed by atoms with Crippen LogP contribution in [0, 0.1) is 0 Å². The van der Waals surface area contributed by atoms with Crippen LogP contribution in [0.1, 0.15) is 52.9 Å². The summed E-state index contributed by atoms with van der Waals surface area (Å²) in [4.78, 5) is 0. The molecular formula is C13H24O5S. The molecule has 1 aliphatic heterocycles. The first-order valence-corrected chi connectivity index (χ1v) is 8.42. The average molecular weight is 292 g/mol. The van der Waals surface area contributed by atoms with Crippen LogP contribution < -0.4 is 0 Å². The molecule has 0 aromatic rings. The lowest BCUT2D eigenvalue weighted by Gasteiger charge is -2.21. The molecule has 1 aliphatic carbocycles. The zero-order chi connectivity index (χ0) is 14.1. The third-order valence-electron chi connectivity index (χ3n) is 3.74. The molecule has 1 atom stereocenters. The fraction of sp³-hybridized carbons (Fsp3) is 1.00. The minimum Gasteiger partial charge on any atom is -0.348 e. The molecule has 0 spiro atoms. The normalized spacial score (nSPS) is 28.5. The van der Waals surface area contributed by atoms with Gasteiger partial charge >= 0.3 is 0 Å². The topological polar surface area (TPSA) is 61.8 Å². The van der Waals surface area contributed by atoms with E-state index < -0.39 is 20.7 Å². The maximum absolute atomic E-state index is 12.2. The van der Waals surface area contributed by atoms with Crippen molar-refractivity contribution in [1.29, 1.82) is 0 Å². The molecular weight excluding hydrogens is 268 g/mol. The first kappa shape index (κ1) is 15.2. The second-order valence-electron chi connectivity index (χ2n) is 5.97. The van der Waals surface area contributed by atoms with Gasteiger partial charge in [0, 0.05) is 0 Å². The molecule has 2 fully saturated rings. The lowest BCUT2D eigenvalue weighted by molar-refractivity contribution is -0.139. The maximum Gasteiger partial charge on any atom is 0.273 e. The summed E-state index contributed by atoms with van der Waals surface area (Å²) in [5, 5.41) is 0. The summed E-state index contributed by atoms with van der Waals surface area (Å²) in [7, 11) is -3.48. The van der Waals surface area contributed by atoms with Crippen LogP contribution in [0.4, 0.5) is 0 Å². The van der Waals surface area contributed by atoms with Gasteiger partial charge in [-0.05, 0) is 39.5 Å². The van der Waals surface area contributed by atoms with Crippen molar-refractivity contribution in [2.24, 2.45) is 0 Å². The van der Waals surface area contributed by atoms with E-state index in [4.69, 9.17) is 13.7 Å². The molecule has 1 heterocycles. The molecule has 2 rings (SSSR count). The van der Waals surface area contributed by atoms with Crippen LogP contribution in [-0.2, 0) is 23.8 Å². The number of ether oxygens (including phenoxy) is 2. The van der Waals surface area contributed by atoms with Gasteiger partial charge in [0.2, 0.25) is 0 Å². The van der Waals surface area contributed by atoms with Crippen molar-refractivity contribution in [3.8, 4) is 0 Å². The Morgan fingerprint density at radius 2 is 2.00 bits per heavy atom. The highest BCUT2D eigenvalue weighted by Gasteiger charge is 2.57. The Kier molecular flexibility index (Phi) is 4.26. The van der Waals surface area contributed by atoms with Gasteiger partial charge in [-0.1, -0.05) is 13.3 Å². The molecule has 0 radical (unpaired) electrons. The Labute approximate surface area is 115 Å². The summed E-state index contributed by atoms with van der Waals surface area (Å²) in [5.41, 5.74) is 0. The Bertz CT molecular complexity index is 411. The zero-order valence-electron chi connectivity index (χ0n) is 12.0. The lowest BCUT2D eigenvalue weighted by atomic mass is 10.2. The van der Waals surface area contributed by atoms with Crippen LogP contribution in [0.25, 0.3) is 0 Å². The molecule has 6 heteroatoms.